The molecule has 2 aliphatic rings. The molecule has 0 bridgehead atoms. The van der Waals surface area contributed by atoms with Gasteiger partial charge in [-0.2, -0.15) is 0 Å². The predicted octanol–water partition coefficient (Wildman–Crippen LogP) is 1.50. The topological polar surface area (TPSA) is 44.8 Å². The van der Waals surface area contributed by atoms with Crippen LogP contribution in [0.3, 0.4) is 0 Å². The van der Waals surface area contributed by atoms with E-state index in [0.29, 0.717) is 25.6 Å². The summed E-state index contributed by atoms with van der Waals surface area (Å²) in [4.78, 5) is 11.9. The summed E-state index contributed by atoms with van der Waals surface area (Å²) in [6.45, 7) is 4.97. The fraction of sp³-hybridized carbons (Fsp3) is 0.750. The minimum atomic E-state index is -0.842. The standard InChI is InChI=1S/C12H18O4/c1-9-4-5-11(2,10(13)14-3)12(8-9)15-6-7-16-12/h4-5,9H,6-8H2,1-3H3/t9-,11+/m0/s1. The summed E-state index contributed by atoms with van der Waals surface area (Å²) in [7, 11) is 1.39. The third-order valence-corrected chi connectivity index (χ3v) is 3.50. The van der Waals surface area contributed by atoms with Crippen molar-refractivity contribution < 1.29 is 19.0 Å². The van der Waals surface area contributed by atoms with Crippen LogP contribution < -0.4 is 0 Å². The summed E-state index contributed by atoms with van der Waals surface area (Å²) >= 11 is 0. The van der Waals surface area contributed by atoms with Gasteiger partial charge in [-0.15, -0.1) is 0 Å². The maximum Gasteiger partial charge on any atom is 0.320 e. The van der Waals surface area contributed by atoms with E-state index in [2.05, 4.69) is 6.92 Å². The first-order valence-corrected chi connectivity index (χ1v) is 5.60. The van der Waals surface area contributed by atoms with Crippen molar-refractivity contribution in [3.63, 3.8) is 0 Å². The summed E-state index contributed by atoms with van der Waals surface area (Å²) in [6.07, 6.45) is 4.57. The lowest BCUT2D eigenvalue weighted by molar-refractivity contribution is -0.236. The lowest BCUT2D eigenvalue weighted by Gasteiger charge is -2.44. The summed E-state index contributed by atoms with van der Waals surface area (Å²) in [6, 6.07) is 0. The number of hydrogen-bond acceptors (Lipinski definition) is 4. The highest BCUT2D eigenvalue weighted by Crippen LogP contribution is 2.48. The van der Waals surface area contributed by atoms with Crippen LogP contribution in [0.25, 0.3) is 0 Å². The van der Waals surface area contributed by atoms with Gasteiger partial charge in [-0.25, -0.2) is 0 Å². The highest BCUT2D eigenvalue weighted by Gasteiger charge is 2.58. The fourth-order valence-electron chi connectivity index (χ4n) is 2.50. The molecule has 0 aromatic rings. The van der Waals surface area contributed by atoms with Crippen molar-refractivity contribution in [2.75, 3.05) is 20.3 Å². The predicted molar refractivity (Wildman–Crippen MR) is 57.7 cm³/mol. The Balaban J connectivity index is 2.40. The van der Waals surface area contributed by atoms with E-state index in [1.165, 1.54) is 7.11 Å². The smallest absolute Gasteiger partial charge is 0.320 e. The number of allylic oxidation sites excluding steroid dienone is 1. The number of hydrogen-bond donors (Lipinski definition) is 0. The van der Waals surface area contributed by atoms with Gasteiger partial charge in [0.15, 0.2) is 5.79 Å². The van der Waals surface area contributed by atoms with E-state index >= 15 is 0 Å². The molecule has 1 saturated heterocycles. The molecule has 1 fully saturated rings. The van der Waals surface area contributed by atoms with Gasteiger partial charge >= 0.3 is 5.97 Å². The van der Waals surface area contributed by atoms with Gasteiger partial charge in [0.1, 0.15) is 5.41 Å². The van der Waals surface area contributed by atoms with Gasteiger partial charge < -0.3 is 14.2 Å². The van der Waals surface area contributed by atoms with Crippen LogP contribution in [0.15, 0.2) is 12.2 Å². The van der Waals surface area contributed by atoms with Crippen LogP contribution in [-0.2, 0) is 19.0 Å². The quantitative estimate of drug-likeness (QED) is 0.502. The molecule has 0 aromatic carbocycles. The van der Waals surface area contributed by atoms with Crippen LogP contribution in [0.4, 0.5) is 0 Å². The van der Waals surface area contributed by atoms with Crippen molar-refractivity contribution in [2.24, 2.45) is 11.3 Å². The molecule has 0 unspecified atom stereocenters. The summed E-state index contributed by atoms with van der Waals surface area (Å²) < 4.78 is 16.3. The van der Waals surface area contributed by atoms with Gasteiger partial charge in [-0.1, -0.05) is 19.1 Å². The number of esters is 1. The van der Waals surface area contributed by atoms with Crippen LogP contribution in [0.1, 0.15) is 20.3 Å². The first-order chi connectivity index (χ1) is 7.54. The second kappa shape index (κ2) is 3.86. The first kappa shape index (κ1) is 11.6. The maximum atomic E-state index is 11.9. The van der Waals surface area contributed by atoms with E-state index in [4.69, 9.17) is 14.2 Å². The monoisotopic (exact) mass is 226 g/mol. The molecule has 0 radical (unpaired) electrons. The fourth-order valence-corrected chi connectivity index (χ4v) is 2.50. The van der Waals surface area contributed by atoms with Crippen molar-refractivity contribution in [3.05, 3.63) is 12.2 Å². The molecular weight excluding hydrogens is 208 g/mol. The van der Waals surface area contributed by atoms with E-state index in [9.17, 15) is 4.79 Å². The van der Waals surface area contributed by atoms with Crippen LogP contribution >= 0.6 is 0 Å². The van der Waals surface area contributed by atoms with E-state index in [0.717, 1.165) is 0 Å². The number of carbonyl (C=O) groups excluding carboxylic acids is 1. The van der Waals surface area contributed by atoms with Crippen molar-refractivity contribution in [2.45, 2.75) is 26.1 Å². The average molecular weight is 226 g/mol. The Morgan fingerprint density at radius 1 is 1.44 bits per heavy atom. The number of ether oxygens (including phenoxy) is 3. The zero-order valence-electron chi connectivity index (χ0n) is 9.99. The normalized spacial score (nSPS) is 36.6. The molecule has 4 nitrogen and oxygen atoms in total. The number of rotatable bonds is 1. The molecule has 0 aromatic heterocycles. The van der Waals surface area contributed by atoms with E-state index in [1.807, 2.05) is 19.1 Å². The zero-order chi connectivity index (χ0) is 11.8. The molecule has 2 rings (SSSR count). The van der Waals surface area contributed by atoms with Crippen molar-refractivity contribution >= 4 is 5.97 Å². The molecule has 1 heterocycles. The Morgan fingerprint density at radius 3 is 2.62 bits per heavy atom. The molecule has 90 valence electrons. The van der Waals surface area contributed by atoms with Crippen LogP contribution in [-0.4, -0.2) is 32.1 Å². The highest BCUT2D eigenvalue weighted by atomic mass is 16.7. The van der Waals surface area contributed by atoms with Crippen LogP contribution in [0.2, 0.25) is 0 Å². The van der Waals surface area contributed by atoms with Gasteiger partial charge in [-0.05, 0) is 12.8 Å². The summed E-state index contributed by atoms with van der Waals surface area (Å²) in [5, 5.41) is 0. The Hall–Kier alpha value is -0.870. The van der Waals surface area contributed by atoms with Gasteiger partial charge in [0, 0.05) is 6.42 Å². The van der Waals surface area contributed by atoms with Gasteiger partial charge in [-0.3, -0.25) is 4.79 Å². The van der Waals surface area contributed by atoms with Crippen molar-refractivity contribution in [3.8, 4) is 0 Å². The molecule has 2 atom stereocenters. The second-order valence-corrected chi connectivity index (χ2v) is 4.68. The maximum absolute atomic E-state index is 11.9. The molecule has 0 N–H and O–H groups in total. The van der Waals surface area contributed by atoms with Crippen LogP contribution in [0.5, 0.6) is 0 Å². The number of carbonyl (C=O) groups is 1. The zero-order valence-corrected chi connectivity index (χ0v) is 9.99. The Bertz CT molecular complexity index is 317. The Labute approximate surface area is 95.6 Å². The lowest BCUT2D eigenvalue weighted by Crippen LogP contribution is -2.54. The largest absolute Gasteiger partial charge is 0.468 e. The Morgan fingerprint density at radius 2 is 2.06 bits per heavy atom. The highest BCUT2D eigenvalue weighted by molar-refractivity contribution is 5.80. The molecule has 4 heteroatoms. The lowest BCUT2D eigenvalue weighted by atomic mass is 9.72. The van der Waals surface area contributed by atoms with Gasteiger partial charge in [0.05, 0.1) is 20.3 Å². The first-order valence-electron chi connectivity index (χ1n) is 5.60. The molecule has 16 heavy (non-hydrogen) atoms. The minimum absolute atomic E-state index is 0.308. The van der Waals surface area contributed by atoms with Crippen molar-refractivity contribution in [1.29, 1.82) is 0 Å². The Kier molecular flexibility index (Phi) is 2.80. The van der Waals surface area contributed by atoms with Gasteiger partial charge in [0.25, 0.3) is 0 Å². The molecule has 0 saturated carbocycles. The third kappa shape index (κ3) is 1.48. The molecule has 1 aliphatic heterocycles. The molecule has 1 aliphatic carbocycles. The third-order valence-electron chi connectivity index (χ3n) is 3.50. The summed E-state index contributed by atoms with van der Waals surface area (Å²) in [5.74, 6) is -0.803. The van der Waals surface area contributed by atoms with Gasteiger partial charge in [0.2, 0.25) is 0 Å². The molecule has 1 spiro atoms. The van der Waals surface area contributed by atoms with Crippen LogP contribution in [0, 0.1) is 11.3 Å². The second-order valence-electron chi connectivity index (χ2n) is 4.68. The minimum Gasteiger partial charge on any atom is -0.468 e. The van der Waals surface area contributed by atoms with E-state index < -0.39 is 11.2 Å². The van der Waals surface area contributed by atoms with E-state index in [1.54, 1.807) is 0 Å². The molecular formula is C12H18O4. The number of methoxy groups -OCH3 is 1. The average Bonchev–Trinajstić information content (AvgIpc) is 2.73. The SMILES string of the molecule is COC(=O)[C@@]1(C)C=C[C@H](C)CC12OCCO2. The van der Waals surface area contributed by atoms with Crippen molar-refractivity contribution in [1.82, 2.24) is 0 Å². The summed E-state index contributed by atoms with van der Waals surface area (Å²) in [5.41, 5.74) is -0.842. The van der Waals surface area contributed by atoms with E-state index in [-0.39, 0.29) is 5.97 Å². The molecule has 0 amide bonds.